The van der Waals surface area contributed by atoms with Crippen molar-refractivity contribution in [3.05, 3.63) is 34.4 Å². The zero-order valence-corrected chi connectivity index (χ0v) is 24.1. The number of rotatable bonds is 5. The lowest BCUT2D eigenvalue weighted by molar-refractivity contribution is -0.319. The Hall–Kier alpha value is -1.66. The molecule has 41 heavy (non-hydrogen) atoms. The summed E-state index contributed by atoms with van der Waals surface area (Å²) < 4.78 is 22.4. The van der Waals surface area contributed by atoms with E-state index >= 15 is 0 Å². The topological polar surface area (TPSA) is 156 Å². The summed E-state index contributed by atoms with van der Waals surface area (Å²) in [5.41, 5.74) is -3.26. The molecule has 10 nitrogen and oxygen atoms in total. The minimum Gasteiger partial charge on any atom is -0.431 e. The normalized spacial score (nSPS) is 51.3. The van der Waals surface area contributed by atoms with Crippen LogP contribution in [-0.2, 0) is 19.0 Å². The number of hydrogen-bond acceptors (Lipinski definition) is 10. The van der Waals surface area contributed by atoms with E-state index in [1.54, 1.807) is 13.0 Å². The first kappa shape index (κ1) is 29.4. The Morgan fingerprint density at radius 1 is 1.00 bits per heavy atom. The van der Waals surface area contributed by atoms with Crippen molar-refractivity contribution in [2.45, 2.75) is 126 Å². The van der Waals surface area contributed by atoms with E-state index in [1.807, 2.05) is 0 Å². The van der Waals surface area contributed by atoms with Crippen molar-refractivity contribution in [1.29, 1.82) is 0 Å². The van der Waals surface area contributed by atoms with Crippen LogP contribution < -0.4 is 5.63 Å². The van der Waals surface area contributed by atoms with Gasteiger partial charge in [0.15, 0.2) is 6.29 Å². The first-order valence-corrected chi connectivity index (χ1v) is 15.1. The van der Waals surface area contributed by atoms with E-state index in [0.717, 1.165) is 18.3 Å². The fourth-order valence-corrected chi connectivity index (χ4v) is 9.99. The molecule has 0 amide bonds. The molecule has 0 bridgehead atoms. The van der Waals surface area contributed by atoms with Crippen molar-refractivity contribution >= 4 is 6.29 Å². The summed E-state index contributed by atoms with van der Waals surface area (Å²) in [7, 11) is 1.45. The highest BCUT2D eigenvalue weighted by Crippen LogP contribution is 2.71. The molecule has 4 aliphatic carbocycles. The molecule has 6 rings (SSSR count). The second-order valence-corrected chi connectivity index (χ2v) is 13.7. The number of aldehydes is 1. The Labute approximate surface area is 240 Å². The number of methoxy groups -OCH3 is 1. The van der Waals surface area contributed by atoms with Crippen molar-refractivity contribution in [3.63, 3.8) is 0 Å². The minimum atomic E-state index is -1.32. The van der Waals surface area contributed by atoms with Crippen LogP contribution in [0.5, 0.6) is 0 Å². The molecular formula is C31H44O10. The fourth-order valence-electron chi connectivity index (χ4n) is 9.99. The lowest BCUT2D eigenvalue weighted by Gasteiger charge is -2.65. The highest BCUT2D eigenvalue weighted by molar-refractivity contribution is 5.64. The van der Waals surface area contributed by atoms with Crippen molar-refractivity contribution in [2.24, 2.45) is 22.7 Å². The van der Waals surface area contributed by atoms with E-state index in [4.69, 9.17) is 18.6 Å². The Bertz CT molecular complexity index is 1180. The molecule has 10 heteroatoms. The van der Waals surface area contributed by atoms with Gasteiger partial charge < -0.3 is 43.8 Å². The zero-order chi connectivity index (χ0) is 29.4. The molecule has 13 atom stereocenters. The third kappa shape index (κ3) is 4.16. The van der Waals surface area contributed by atoms with Gasteiger partial charge in [-0.3, -0.25) is 0 Å². The molecule has 0 spiro atoms. The predicted molar refractivity (Wildman–Crippen MR) is 145 cm³/mol. The van der Waals surface area contributed by atoms with Gasteiger partial charge in [-0.25, -0.2) is 4.79 Å². The van der Waals surface area contributed by atoms with Crippen LogP contribution in [0.3, 0.4) is 0 Å². The number of aliphatic hydroxyl groups is 4. The predicted octanol–water partition coefficient (Wildman–Crippen LogP) is 2.04. The van der Waals surface area contributed by atoms with Gasteiger partial charge in [0.1, 0.15) is 24.6 Å². The summed E-state index contributed by atoms with van der Waals surface area (Å²) in [6.45, 7) is 3.87. The van der Waals surface area contributed by atoms with Crippen LogP contribution in [0, 0.1) is 22.7 Å². The molecule has 4 saturated carbocycles. The van der Waals surface area contributed by atoms with Crippen LogP contribution in [0.1, 0.15) is 83.1 Å². The minimum absolute atomic E-state index is 0.0345. The summed E-state index contributed by atoms with van der Waals surface area (Å²) in [5.74, 6) is -0.284. The van der Waals surface area contributed by atoms with E-state index in [1.165, 1.54) is 19.4 Å². The molecule has 0 radical (unpaired) electrons. The molecule has 0 aromatic carbocycles. The molecule has 5 aliphatic rings. The van der Waals surface area contributed by atoms with Gasteiger partial charge >= 0.3 is 5.63 Å². The van der Waals surface area contributed by atoms with Gasteiger partial charge in [0.2, 0.25) is 0 Å². The summed E-state index contributed by atoms with van der Waals surface area (Å²) in [6, 6.07) is 3.23. The Morgan fingerprint density at radius 3 is 2.44 bits per heavy atom. The maximum Gasteiger partial charge on any atom is 0.335 e. The SMILES string of the molecule is CO[C@H]1[C@@H](O)[C@H](O)[C@H](O[C@H]2CC[C@@]3(C=O)[C@H]4CC[C@]5(C)[C@@H](c6ccc(=O)oc6)CC[C@]5(O)[C@@H]4CC[C@@]3(O)C2)O[C@@H]1C. The Kier molecular flexibility index (Phi) is 7.33. The van der Waals surface area contributed by atoms with Crippen molar-refractivity contribution < 1.29 is 43.8 Å². The third-order valence-corrected chi connectivity index (χ3v) is 12.2. The lowest BCUT2D eigenvalue weighted by Crippen LogP contribution is -2.69. The third-order valence-electron chi connectivity index (χ3n) is 12.2. The Balaban J connectivity index is 1.22. The largest absolute Gasteiger partial charge is 0.431 e. The van der Waals surface area contributed by atoms with Crippen LogP contribution in [0.25, 0.3) is 0 Å². The smallest absolute Gasteiger partial charge is 0.335 e. The summed E-state index contributed by atoms with van der Waals surface area (Å²) in [5, 5.41) is 45.7. The monoisotopic (exact) mass is 576 g/mol. The highest BCUT2D eigenvalue weighted by Gasteiger charge is 2.71. The number of ether oxygens (including phenoxy) is 3. The first-order chi connectivity index (χ1) is 19.4. The summed E-state index contributed by atoms with van der Waals surface area (Å²) in [6.07, 6.45) is 2.04. The second-order valence-electron chi connectivity index (χ2n) is 13.7. The van der Waals surface area contributed by atoms with Crippen LogP contribution in [0.15, 0.2) is 27.6 Å². The Morgan fingerprint density at radius 2 is 1.76 bits per heavy atom. The molecule has 1 saturated heterocycles. The average Bonchev–Trinajstić information content (AvgIpc) is 3.22. The molecule has 0 unspecified atom stereocenters. The zero-order valence-electron chi connectivity index (χ0n) is 24.1. The van der Waals surface area contributed by atoms with Gasteiger partial charge in [-0.05, 0) is 87.7 Å². The molecule has 1 aromatic heterocycles. The van der Waals surface area contributed by atoms with Gasteiger partial charge in [0.25, 0.3) is 0 Å². The highest BCUT2D eigenvalue weighted by atomic mass is 16.7. The summed E-state index contributed by atoms with van der Waals surface area (Å²) >= 11 is 0. The van der Waals surface area contributed by atoms with Gasteiger partial charge in [-0.15, -0.1) is 0 Å². The number of carbonyl (C=O) groups is 1. The van der Waals surface area contributed by atoms with E-state index in [-0.39, 0.29) is 24.2 Å². The van der Waals surface area contributed by atoms with Crippen LogP contribution >= 0.6 is 0 Å². The average molecular weight is 577 g/mol. The molecule has 1 aliphatic heterocycles. The standard InChI is InChI=1S/C31H44O10/c1-17-26(38-3)24(34)25(35)27(40-17)41-19-6-11-29(16-32)21-7-10-28(2)20(18-4-5-23(33)39-15-18)9-13-31(28,37)22(21)8-12-30(29,36)14-19/h4-5,15-17,19-22,24-27,34-37H,6-14H2,1-3H3/t17-,19+,20-,21+,22-,24+,25+,26-,27+,28-,29-,30-,31+/m1/s1. The lowest BCUT2D eigenvalue weighted by atomic mass is 9.41. The van der Waals surface area contributed by atoms with Crippen molar-refractivity contribution in [2.75, 3.05) is 7.11 Å². The second kappa shape index (κ2) is 10.2. The quantitative estimate of drug-likeness (QED) is 0.302. The number of fused-ring (bicyclic) bond motifs is 5. The van der Waals surface area contributed by atoms with Gasteiger partial charge in [0.05, 0.1) is 35.1 Å². The maximum atomic E-state index is 13.0. The van der Waals surface area contributed by atoms with Gasteiger partial charge in [-0.2, -0.15) is 0 Å². The van der Waals surface area contributed by atoms with E-state index in [0.29, 0.717) is 44.9 Å². The molecule has 1 aromatic rings. The van der Waals surface area contributed by atoms with Gasteiger partial charge in [0, 0.05) is 25.0 Å². The molecule has 5 fully saturated rings. The summed E-state index contributed by atoms with van der Waals surface area (Å²) in [4.78, 5) is 24.6. The fraction of sp³-hybridized carbons (Fsp3) is 0.806. The molecule has 4 N–H and O–H groups in total. The number of aliphatic hydroxyl groups excluding tert-OH is 2. The van der Waals surface area contributed by atoms with Crippen LogP contribution in [0.2, 0.25) is 0 Å². The first-order valence-electron chi connectivity index (χ1n) is 15.1. The van der Waals surface area contributed by atoms with Gasteiger partial charge in [-0.1, -0.05) is 6.92 Å². The molecule has 228 valence electrons. The van der Waals surface area contributed by atoms with E-state index in [9.17, 15) is 30.0 Å². The number of hydrogen-bond donors (Lipinski definition) is 4. The maximum absolute atomic E-state index is 13.0. The van der Waals surface area contributed by atoms with E-state index in [2.05, 4.69) is 6.92 Å². The number of carbonyl (C=O) groups excluding carboxylic acids is 1. The van der Waals surface area contributed by atoms with Crippen molar-refractivity contribution in [3.8, 4) is 0 Å². The molecular weight excluding hydrogens is 532 g/mol. The molecule has 2 heterocycles. The van der Waals surface area contributed by atoms with E-state index < -0.39 is 64.5 Å². The van der Waals surface area contributed by atoms with Crippen LogP contribution in [0.4, 0.5) is 0 Å². The van der Waals surface area contributed by atoms with Crippen LogP contribution in [-0.4, -0.2) is 81.8 Å². The van der Waals surface area contributed by atoms with Crippen molar-refractivity contribution in [1.82, 2.24) is 0 Å².